The van der Waals surface area contributed by atoms with E-state index < -0.39 is 17.4 Å². The van der Waals surface area contributed by atoms with Gasteiger partial charge in [0.2, 0.25) is 0 Å². The van der Waals surface area contributed by atoms with Crippen molar-refractivity contribution in [2.75, 3.05) is 0 Å². The summed E-state index contributed by atoms with van der Waals surface area (Å²) >= 11 is 4.57. The van der Waals surface area contributed by atoms with Gasteiger partial charge in [-0.2, -0.15) is 0 Å². The zero-order valence-electron chi connectivity index (χ0n) is 8.76. The maximum Gasteiger partial charge on any atom is 0.196 e. The Morgan fingerprint density at radius 1 is 1.24 bits per heavy atom. The molecule has 0 aliphatic heterocycles. The summed E-state index contributed by atoms with van der Waals surface area (Å²) in [5.41, 5.74) is 0.546. The molecule has 0 aliphatic rings. The number of carbonyl (C=O) groups is 1. The summed E-state index contributed by atoms with van der Waals surface area (Å²) in [6.45, 7) is 1.50. The third-order valence-corrected chi connectivity index (χ3v) is 3.83. The lowest BCUT2D eigenvalue weighted by atomic mass is 10.0. The molecule has 88 valence electrons. The number of thiophene rings is 1. The molecule has 1 heterocycles. The highest BCUT2D eigenvalue weighted by Gasteiger charge is 2.17. The van der Waals surface area contributed by atoms with Gasteiger partial charge in [0.25, 0.3) is 0 Å². The van der Waals surface area contributed by atoms with Gasteiger partial charge < -0.3 is 0 Å². The molecule has 0 atom stereocenters. The molecule has 17 heavy (non-hydrogen) atoms. The van der Waals surface area contributed by atoms with E-state index in [1.807, 2.05) is 0 Å². The standard InChI is InChI=1S/C12H7BrF2OS/c1-6-2-8(10(15)4-9(6)14)12(16)7-3-11(13)17-5-7/h2-5H,1H3. The first-order chi connectivity index (χ1) is 7.99. The molecule has 0 bridgehead atoms. The Morgan fingerprint density at radius 3 is 2.53 bits per heavy atom. The Hall–Kier alpha value is -1.07. The molecular weight excluding hydrogens is 310 g/mol. The zero-order chi connectivity index (χ0) is 12.6. The van der Waals surface area contributed by atoms with Crippen molar-refractivity contribution >= 4 is 33.0 Å². The van der Waals surface area contributed by atoms with Gasteiger partial charge in [0.15, 0.2) is 5.78 Å². The average Bonchev–Trinajstić information content (AvgIpc) is 2.69. The van der Waals surface area contributed by atoms with Gasteiger partial charge >= 0.3 is 0 Å². The quantitative estimate of drug-likeness (QED) is 0.754. The molecule has 0 N–H and O–H groups in total. The number of carbonyl (C=O) groups excluding carboxylic acids is 1. The number of aryl methyl sites for hydroxylation is 1. The van der Waals surface area contributed by atoms with Gasteiger partial charge in [-0.15, -0.1) is 11.3 Å². The van der Waals surface area contributed by atoms with E-state index in [4.69, 9.17) is 0 Å². The van der Waals surface area contributed by atoms with Crippen LogP contribution in [0.1, 0.15) is 21.5 Å². The molecule has 5 heteroatoms. The van der Waals surface area contributed by atoms with Crippen LogP contribution in [0.5, 0.6) is 0 Å². The molecule has 1 aromatic carbocycles. The average molecular weight is 317 g/mol. The molecule has 0 spiro atoms. The molecule has 0 saturated carbocycles. The summed E-state index contributed by atoms with van der Waals surface area (Å²) < 4.78 is 27.4. The topological polar surface area (TPSA) is 17.1 Å². The number of hydrogen-bond donors (Lipinski definition) is 0. The maximum atomic E-state index is 13.5. The van der Waals surface area contributed by atoms with Crippen LogP contribution in [-0.2, 0) is 0 Å². The van der Waals surface area contributed by atoms with Crippen LogP contribution in [0.15, 0.2) is 27.4 Å². The highest BCUT2D eigenvalue weighted by atomic mass is 79.9. The summed E-state index contributed by atoms with van der Waals surface area (Å²) in [6.07, 6.45) is 0. The van der Waals surface area contributed by atoms with E-state index in [2.05, 4.69) is 15.9 Å². The van der Waals surface area contributed by atoms with E-state index in [0.717, 1.165) is 9.85 Å². The summed E-state index contributed by atoms with van der Waals surface area (Å²) in [4.78, 5) is 12.0. The van der Waals surface area contributed by atoms with Gasteiger partial charge in [-0.25, -0.2) is 8.78 Å². The van der Waals surface area contributed by atoms with Crippen molar-refractivity contribution in [2.24, 2.45) is 0 Å². The zero-order valence-corrected chi connectivity index (χ0v) is 11.2. The Kier molecular flexibility index (Phi) is 3.40. The predicted octanol–water partition coefficient (Wildman–Crippen LogP) is 4.33. The Balaban J connectivity index is 2.47. The molecule has 2 aromatic rings. The number of benzene rings is 1. The molecule has 0 fully saturated rings. The van der Waals surface area contributed by atoms with Gasteiger partial charge in [0.1, 0.15) is 11.6 Å². The van der Waals surface area contributed by atoms with Crippen LogP contribution in [0.4, 0.5) is 8.78 Å². The fourth-order valence-corrected chi connectivity index (χ4v) is 2.55. The van der Waals surface area contributed by atoms with Crippen molar-refractivity contribution < 1.29 is 13.6 Å². The van der Waals surface area contributed by atoms with Gasteiger partial charge in [0, 0.05) is 17.0 Å². The van der Waals surface area contributed by atoms with Crippen molar-refractivity contribution in [2.45, 2.75) is 6.92 Å². The highest BCUT2D eigenvalue weighted by molar-refractivity contribution is 9.11. The second-order valence-corrected chi connectivity index (χ2v) is 5.84. The SMILES string of the molecule is Cc1cc(C(=O)c2csc(Br)c2)c(F)cc1F. The number of hydrogen-bond acceptors (Lipinski definition) is 2. The predicted molar refractivity (Wildman–Crippen MR) is 66.5 cm³/mol. The van der Waals surface area contributed by atoms with E-state index in [1.165, 1.54) is 24.3 Å². The lowest BCUT2D eigenvalue weighted by molar-refractivity contribution is 0.103. The van der Waals surface area contributed by atoms with Crippen molar-refractivity contribution in [3.05, 3.63) is 55.7 Å². The van der Waals surface area contributed by atoms with Crippen LogP contribution < -0.4 is 0 Å². The molecule has 1 aromatic heterocycles. The number of rotatable bonds is 2. The largest absolute Gasteiger partial charge is 0.288 e. The summed E-state index contributed by atoms with van der Waals surface area (Å²) in [7, 11) is 0. The monoisotopic (exact) mass is 316 g/mol. The van der Waals surface area contributed by atoms with E-state index in [-0.39, 0.29) is 11.1 Å². The van der Waals surface area contributed by atoms with Crippen LogP contribution >= 0.6 is 27.3 Å². The second-order valence-electron chi connectivity index (χ2n) is 3.55. The normalized spacial score (nSPS) is 10.6. The molecule has 0 unspecified atom stereocenters. The minimum Gasteiger partial charge on any atom is -0.288 e. The van der Waals surface area contributed by atoms with Gasteiger partial charge in [-0.05, 0) is 40.5 Å². The van der Waals surface area contributed by atoms with Crippen LogP contribution in [0.2, 0.25) is 0 Å². The van der Waals surface area contributed by atoms with E-state index in [1.54, 1.807) is 11.4 Å². The van der Waals surface area contributed by atoms with Crippen LogP contribution in [0.3, 0.4) is 0 Å². The van der Waals surface area contributed by atoms with E-state index in [9.17, 15) is 13.6 Å². The van der Waals surface area contributed by atoms with Gasteiger partial charge in [0.05, 0.1) is 9.35 Å². The first kappa shape index (κ1) is 12.4. The minimum absolute atomic E-state index is 0.103. The molecule has 0 radical (unpaired) electrons. The summed E-state index contributed by atoms with van der Waals surface area (Å²) in [5, 5.41) is 1.63. The Bertz CT molecular complexity index is 592. The summed E-state index contributed by atoms with van der Waals surface area (Å²) in [6, 6.07) is 3.59. The third-order valence-electron chi connectivity index (χ3n) is 2.32. The van der Waals surface area contributed by atoms with Crippen molar-refractivity contribution in [1.29, 1.82) is 0 Å². The van der Waals surface area contributed by atoms with Crippen LogP contribution in [0, 0.1) is 18.6 Å². The second kappa shape index (κ2) is 4.66. The lowest BCUT2D eigenvalue weighted by Gasteiger charge is -2.03. The minimum atomic E-state index is -0.833. The van der Waals surface area contributed by atoms with Crippen molar-refractivity contribution in [3.63, 3.8) is 0 Å². The molecule has 0 aliphatic carbocycles. The van der Waals surface area contributed by atoms with Crippen molar-refractivity contribution in [1.82, 2.24) is 0 Å². The van der Waals surface area contributed by atoms with Crippen LogP contribution in [0.25, 0.3) is 0 Å². The maximum absolute atomic E-state index is 13.5. The molecule has 0 saturated heterocycles. The van der Waals surface area contributed by atoms with E-state index in [0.29, 0.717) is 5.56 Å². The first-order valence-electron chi connectivity index (χ1n) is 4.73. The van der Waals surface area contributed by atoms with Gasteiger partial charge in [-0.3, -0.25) is 4.79 Å². The Morgan fingerprint density at radius 2 is 1.94 bits per heavy atom. The number of ketones is 1. The fourth-order valence-electron chi connectivity index (χ4n) is 1.42. The molecule has 2 rings (SSSR count). The summed E-state index contributed by atoms with van der Waals surface area (Å²) in [5.74, 6) is -1.92. The van der Waals surface area contributed by atoms with Crippen LogP contribution in [-0.4, -0.2) is 5.78 Å². The molecule has 1 nitrogen and oxygen atoms in total. The fraction of sp³-hybridized carbons (Fsp3) is 0.0833. The smallest absolute Gasteiger partial charge is 0.196 e. The van der Waals surface area contributed by atoms with E-state index >= 15 is 0 Å². The highest BCUT2D eigenvalue weighted by Crippen LogP contribution is 2.24. The third kappa shape index (κ3) is 2.45. The number of halogens is 3. The Labute approximate surface area is 109 Å². The molecular formula is C12H7BrF2OS. The van der Waals surface area contributed by atoms with Gasteiger partial charge in [-0.1, -0.05) is 0 Å². The van der Waals surface area contributed by atoms with Crippen molar-refractivity contribution in [3.8, 4) is 0 Å². The lowest BCUT2D eigenvalue weighted by Crippen LogP contribution is -2.04. The molecule has 0 amide bonds. The first-order valence-corrected chi connectivity index (χ1v) is 6.40.